The third kappa shape index (κ3) is 2.74. The van der Waals surface area contributed by atoms with Crippen LogP contribution >= 0.6 is 0 Å². The van der Waals surface area contributed by atoms with Crippen molar-refractivity contribution in [1.82, 2.24) is 20.0 Å². The number of para-hydroxylation sites is 1. The number of hydrogen-bond donors (Lipinski definition) is 4. The van der Waals surface area contributed by atoms with E-state index in [0.717, 1.165) is 22.2 Å². The van der Waals surface area contributed by atoms with Gasteiger partial charge in [-0.3, -0.25) is 0 Å². The fraction of sp³-hybridized carbons (Fsp3) is 0.333. The van der Waals surface area contributed by atoms with E-state index in [1.165, 1.54) is 4.68 Å². The highest BCUT2D eigenvalue weighted by molar-refractivity contribution is 5.83. The number of hydrogen-bond acceptors (Lipinski definition) is 5. The zero-order valence-corrected chi connectivity index (χ0v) is 12.0. The molecule has 4 N–H and O–H groups in total. The van der Waals surface area contributed by atoms with E-state index in [-0.39, 0.29) is 19.8 Å². The normalized spacial score (nSPS) is 12.9. The molecule has 1 aromatic carbocycles. The number of fused-ring (bicyclic) bond motifs is 1. The quantitative estimate of drug-likeness (QED) is 0.520. The molecule has 3 aromatic rings. The van der Waals surface area contributed by atoms with Crippen LogP contribution in [-0.4, -0.2) is 48.0 Å². The Kier molecular flexibility index (Phi) is 4.19. The van der Waals surface area contributed by atoms with Gasteiger partial charge in [-0.15, -0.1) is 5.10 Å². The average Bonchev–Trinajstić information content (AvgIpc) is 3.12. The molecule has 0 spiro atoms. The highest BCUT2D eigenvalue weighted by Gasteiger charge is 2.16. The Labute approximate surface area is 126 Å². The summed E-state index contributed by atoms with van der Waals surface area (Å²) in [5, 5.41) is 37.0. The molecule has 0 bridgehead atoms. The van der Waals surface area contributed by atoms with Gasteiger partial charge in [-0.1, -0.05) is 23.4 Å². The third-order valence-electron chi connectivity index (χ3n) is 3.70. The van der Waals surface area contributed by atoms with E-state index in [0.29, 0.717) is 12.1 Å². The molecular formula is C15H18N4O3. The van der Waals surface area contributed by atoms with Gasteiger partial charge in [-0.25, -0.2) is 4.68 Å². The fourth-order valence-corrected chi connectivity index (χ4v) is 2.55. The second-order valence-electron chi connectivity index (χ2n) is 5.20. The van der Waals surface area contributed by atoms with Crippen molar-refractivity contribution in [3.8, 4) is 0 Å². The number of rotatable bonds is 6. The molecule has 7 heteroatoms. The van der Waals surface area contributed by atoms with Crippen molar-refractivity contribution >= 4 is 10.9 Å². The molecule has 3 rings (SSSR count). The van der Waals surface area contributed by atoms with E-state index in [1.807, 2.05) is 30.5 Å². The van der Waals surface area contributed by atoms with Crippen LogP contribution in [0.25, 0.3) is 10.9 Å². The lowest BCUT2D eigenvalue weighted by Gasteiger charge is -2.10. The molecule has 7 nitrogen and oxygen atoms in total. The van der Waals surface area contributed by atoms with E-state index in [2.05, 4.69) is 15.3 Å². The SMILES string of the molecule is OCc1nnn(CC(O)CO)c1Cc1c[nH]c2ccccc12. The van der Waals surface area contributed by atoms with E-state index < -0.39 is 6.10 Å². The van der Waals surface area contributed by atoms with Crippen molar-refractivity contribution in [2.45, 2.75) is 25.7 Å². The molecular weight excluding hydrogens is 284 g/mol. The van der Waals surface area contributed by atoms with E-state index in [4.69, 9.17) is 5.11 Å². The molecule has 116 valence electrons. The summed E-state index contributed by atoms with van der Waals surface area (Å²) in [7, 11) is 0. The summed E-state index contributed by atoms with van der Waals surface area (Å²) < 4.78 is 1.54. The second kappa shape index (κ2) is 6.27. The van der Waals surface area contributed by atoms with Gasteiger partial charge in [0, 0.05) is 23.5 Å². The molecule has 2 heterocycles. The predicted octanol–water partition coefficient (Wildman–Crippen LogP) is 0.196. The van der Waals surface area contributed by atoms with E-state index in [9.17, 15) is 10.2 Å². The topological polar surface area (TPSA) is 107 Å². The summed E-state index contributed by atoms with van der Waals surface area (Å²) in [6.45, 7) is -0.422. The summed E-state index contributed by atoms with van der Waals surface area (Å²) in [5.41, 5.74) is 3.32. The van der Waals surface area contributed by atoms with E-state index >= 15 is 0 Å². The molecule has 1 atom stereocenters. The lowest BCUT2D eigenvalue weighted by molar-refractivity contribution is 0.0771. The summed E-state index contributed by atoms with van der Waals surface area (Å²) in [5.74, 6) is 0. The van der Waals surface area contributed by atoms with Gasteiger partial charge in [0.05, 0.1) is 31.6 Å². The van der Waals surface area contributed by atoms with Crippen molar-refractivity contribution < 1.29 is 15.3 Å². The first kappa shape index (κ1) is 14.7. The Bertz CT molecular complexity index is 765. The minimum atomic E-state index is -0.907. The third-order valence-corrected chi connectivity index (χ3v) is 3.70. The van der Waals surface area contributed by atoms with Gasteiger partial charge in [-0.05, 0) is 11.6 Å². The first-order valence-corrected chi connectivity index (χ1v) is 7.09. The maximum Gasteiger partial charge on any atom is 0.112 e. The molecule has 0 amide bonds. The second-order valence-corrected chi connectivity index (χ2v) is 5.20. The van der Waals surface area contributed by atoms with Gasteiger partial charge < -0.3 is 20.3 Å². The molecule has 0 aliphatic rings. The number of H-pyrrole nitrogens is 1. The Morgan fingerprint density at radius 3 is 2.82 bits per heavy atom. The highest BCUT2D eigenvalue weighted by atomic mass is 16.3. The van der Waals surface area contributed by atoms with Crippen molar-refractivity contribution in [1.29, 1.82) is 0 Å². The molecule has 0 saturated carbocycles. The largest absolute Gasteiger partial charge is 0.394 e. The fourth-order valence-electron chi connectivity index (χ4n) is 2.55. The van der Waals surface area contributed by atoms with Crippen LogP contribution in [0.3, 0.4) is 0 Å². The van der Waals surface area contributed by atoms with Gasteiger partial charge >= 0.3 is 0 Å². The van der Waals surface area contributed by atoms with Crippen LogP contribution in [0.15, 0.2) is 30.5 Å². The first-order chi connectivity index (χ1) is 10.7. The predicted molar refractivity (Wildman–Crippen MR) is 80.1 cm³/mol. The average molecular weight is 302 g/mol. The molecule has 22 heavy (non-hydrogen) atoms. The zero-order chi connectivity index (χ0) is 15.5. The van der Waals surface area contributed by atoms with E-state index in [1.54, 1.807) is 0 Å². The summed E-state index contributed by atoms with van der Waals surface area (Å²) in [6, 6.07) is 7.95. The Hall–Kier alpha value is -2.22. The van der Waals surface area contributed by atoms with Crippen LogP contribution in [0.4, 0.5) is 0 Å². The van der Waals surface area contributed by atoms with Gasteiger partial charge in [-0.2, -0.15) is 0 Å². The maximum absolute atomic E-state index is 9.61. The monoisotopic (exact) mass is 302 g/mol. The lowest BCUT2D eigenvalue weighted by Crippen LogP contribution is -2.22. The summed E-state index contributed by atoms with van der Waals surface area (Å²) in [6.07, 6.45) is 1.55. The Morgan fingerprint density at radius 1 is 1.23 bits per heavy atom. The molecule has 1 unspecified atom stereocenters. The molecule has 0 radical (unpaired) electrons. The minimum Gasteiger partial charge on any atom is -0.394 e. The first-order valence-electron chi connectivity index (χ1n) is 7.09. The lowest BCUT2D eigenvalue weighted by atomic mass is 10.1. The number of benzene rings is 1. The van der Waals surface area contributed by atoms with Gasteiger partial charge in [0.1, 0.15) is 5.69 Å². The number of nitrogens with zero attached hydrogens (tertiary/aromatic N) is 3. The molecule has 0 aliphatic heterocycles. The van der Waals surface area contributed by atoms with Crippen LogP contribution < -0.4 is 0 Å². The van der Waals surface area contributed by atoms with Crippen LogP contribution in [0.5, 0.6) is 0 Å². The summed E-state index contributed by atoms with van der Waals surface area (Å²) >= 11 is 0. The highest BCUT2D eigenvalue weighted by Crippen LogP contribution is 2.22. The minimum absolute atomic E-state index is 0.140. The standard InChI is InChI=1S/C15H18N4O3/c20-8-11(22)7-19-15(14(9-21)17-18-19)5-10-6-16-13-4-2-1-3-12(10)13/h1-4,6,11,16,20-22H,5,7-9H2. The zero-order valence-electron chi connectivity index (χ0n) is 12.0. The van der Waals surface area contributed by atoms with Gasteiger partial charge in [0.15, 0.2) is 0 Å². The Balaban J connectivity index is 1.95. The Morgan fingerprint density at radius 2 is 2.05 bits per heavy atom. The number of nitrogens with one attached hydrogen (secondary N) is 1. The van der Waals surface area contributed by atoms with Crippen molar-refractivity contribution in [2.24, 2.45) is 0 Å². The number of aromatic nitrogens is 4. The molecule has 0 saturated heterocycles. The van der Waals surface area contributed by atoms with Gasteiger partial charge in [0.25, 0.3) is 0 Å². The summed E-state index contributed by atoms with van der Waals surface area (Å²) in [4.78, 5) is 3.21. The molecule has 0 aliphatic carbocycles. The van der Waals surface area contributed by atoms with Gasteiger partial charge in [0.2, 0.25) is 0 Å². The van der Waals surface area contributed by atoms with Crippen LogP contribution in [0.1, 0.15) is 17.0 Å². The van der Waals surface area contributed by atoms with Crippen molar-refractivity contribution in [3.63, 3.8) is 0 Å². The molecule has 2 aromatic heterocycles. The van der Waals surface area contributed by atoms with Crippen molar-refractivity contribution in [3.05, 3.63) is 47.4 Å². The number of aliphatic hydroxyl groups excluding tert-OH is 3. The van der Waals surface area contributed by atoms with Crippen LogP contribution in [-0.2, 0) is 19.6 Å². The molecule has 0 fully saturated rings. The number of aliphatic hydroxyl groups is 3. The smallest absolute Gasteiger partial charge is 0.112 e. The maximum atomic E-state index is 9.61. The van der Waals surface area contributed by atoms with Crippen LogP contribution in [0, 0.1) is 0 Å². The van der Waals surface area contributed by atoms with Crippen LogP contribution in [0.2, 0.25) is 0 Å². The number of aromatic amines is 1. The van der Waals surface area contributed by atoms with Crippen molar-refractivity contribution in [2.75, 3.05) is 6.61 Å².